The molecule has 2 aliphatic rings. The summed E-state index contributed by atoms with van der Waals surface area (Å²) in [5.41, 5.74) is 0. The van der Waals surface area contributed by atoms with Crippen molar-refractivity contribution in [1.82, 2.24) is 14.7 Å². The third kappa shape index (κ3) is 3.91. The molecule has 110 valence electrons. The van der Waals surface area contributed by atoms with Gasteiger partial charge in [-0.3, -0.25) is 9.69 Å². The Kier molecular flexibility index (Phi) is 5.19. The van der Waals surface area contributed by atoms with Gasteiger partial charge in [-0.2, -0.15) is 0 Å². The first kappa shape index (κ1) is 14.8. The average Bonchev–Trinajstić information content (AvgIpc) is 2.90. The van der Waals surface area contributed by atoms with E-state index < -0.39 is 0 Å². The lowest BCUT2D eigenvalue weighted by atomic mass is 10.2. The van der Waals surface area contributed by atoms with Crippen LogP contribution in [-0.2, 0) is 9.53 Å². The first-order chi connectivity index (χ1) is 9.08. The molecule has 2 fully saturated rings. The Balaban J connectivity index is 1.87. The van der Waals surface area contributed by atoms with Crippen molar-refractivity contribution in [3.63, 3.8) is 0 Å². The van der Waals surface area contributed by atoms with E-state index in [1.807, 2.05) is 11.8 Å². The molecule has 2 rings (SSSR count). The summed E-state index contributed by atoms with van der Waals surface area (Å²) in [6.07, 6.45) is 2.54. The lowest BCUT2D eigenvalue weighted by molar-refractivity contribution is -0.138. The Labute approximate surface area is 116 Å². The Morgan fingerprint density at radius 2 is 2.00 bits per heavy atom. The van der Waals surface area contributed by atoms with Crippen molar-refractivity contribution >= 4 is 5.91 Å². The first-order valence-electron chi connectivity index (χ1n) is 7.37. The zero-order valence-electron chi connectivity index (χ0n) is 12.5. The topological polar surface area (TPSA) is 36.0 Å². The van der Waals surface area contributed by atoms with E-state index in [0.29, 0.717) is 5.91 Å². The number of carbonyl (C=O) groups excluding carboxylic acids is 1. The standard InChI is InChI=1S/C14H27N3O2/c1-12(14(18)16-6-4-5-7-16)17-8-9-19-13(11-17)10-15(2)3/h12-13H,4-11H2,1-3H3/t12-,13-/m1/s1. The van der Waals surface area contributed by atoms with E-state index in [9.17, 15) is 4.79 Å². The van der Waals surface area contributed by atoms with Crippen molar-refractivity contribution in [1.29, 1.82) is 0 Å². The third-order valence-electron chi connectivity index (χ3n) is 4.06. The molecule has 0 saturated carbocycles. The molecule has 0 spiro atoms. The van der Waals surface area contributed by atoms with Crippen molar-refractivity contribution in [3.05, 3.63) is 0 Å². The van der Waals surface area contributed by atoms with Crippen molar-refractivity contribution < 1.29 is 9.53 Å². The first-order valence-corrected chi connectivity index (χ1v) is 7.37. The molecule has 0 radical (unpaired) electrons. The fourth-order valence-electron chi connectivity index (χ4n) is 2.97. The van der Waals surface area contributed by atoms with Gasteiger partial charge in [-0.1, -0.05) is 0 Å². The van der Waals surface area contributed by atoms with Gasteiger partial charge in [-0.15, -0.1) is 0 Å². The fraction of sp³-hybridized carbons (Fsp3) is 0.929. The summed E-state index contributed by atoms with van der Waals surface area (Å²) in [4.78, 5) is 18.8. The van der Waals surface area contributed by atoms with E-state index in [2.05, 4.69) is 23.9 Å². The number of morpholine rings is 1. The second kappa shape index (κ2) is 6.68. The van der Waals surface area contributed by atoms with Crippen LogP contribution < -0.4 is 0 Å². The number of rotatable bonds is 4. The van der Waals surface area contributed by atoms with E-state index >= 15 is 0 Å². The molecule has 19 heavy (non-hydrogen) atoms. The van der Waals surface area contributed by atoms with Gasteiger partial charge in [0.1, 0.15) is 0 Å². The minimum absolute atomic E-state index is 0.00772. The minimum Gasteiger partial charge on any atom is -0.374 e. The Bertz CT molecular complexity index is 303. The molecule has 0 aromatic carbocycles. The van der Waals surface area contributed by atoms with Gasteiger partial charge < -0.3 is 14.5 Å². The molecule has 2 saturated heterocycles. The second-order valence-electron chi connectivity index (χ2n) is 5.96. The van der Waals surface area contributed by atoms with Crippen LogP contribution in [-0.4, -0.2) is 86.2 Å². The van der Waals surface area contributed by atoms with Gasteiger partial charge in [0.25, 0.3) is 0 Å². The highest BCUT2D eigenvalue weighted by molar-refractivity contribution is 5.81. The molecule has 5 heteroatoms. The number of carbonyl (C=O) groups is 1. The van der Waals surface area contributed by atoms with Crippen LogP contribution in [0.5, 0.6) is 0 Å². The highest BCUT2D eigenvalue weighted by atomic mass is 16.5. The largest absolute Gasteiger partial charge is 0.374 e. The maximum Gasteiger partial charge on any atom is 0.239 e. The summed E-state index contributed by atoms with van der Waals surface area (Å²) < 4.78 is 5.77. The molecule has 5 nitrogen and oxygen atoms in total. The zero-order chi connectivity index (χ0) is 13.8. The van der Waals surface area contributed by atoms with E-state index in [0.717, 1.165) is 52.2 Å². The summed E-state index contributed by atoms with van der Waals surface area (Å²) in [5.74, 6) is 0.294. The summed E-state index contributed by atoms with van der Waals surface area (Å²) in [6, 6.07) is -0.00772. The molecular formula is C14H27N3O2. The van der Waals surface area contributed by atoms with Crippen molar-refractivity contribution in [3.8, 4) is 0 Å². The molecule has 0 unspecified atom stereocenters. The molecule has 2 heterocycles. The Morgan fingerprint density at radius 3 is 2.63 bits per heavy atom. The molecule has 2 aliphatic heterocycles. The van der Waals surface area contributed by atoms with Crippen LogP contribution in [0.15, 0.2) is 0 Å². The van der Waals surface area contributed by atoms with Crippen LogP contribution in [0, 0.1) is 0 Å². The van der Waals surface area contributed by atoms with Gasteiger partial charge in [-0.25, -0.2) is 0 Å². The lowest BCUT2D eigenvalue weighted by Gasteiger charge is -2.38. The van der Waals surface area contributed by atoms with Crippen molar-refractivity contribution in [2.75, 3.05) is 53.4 Å². The Hall–Kier alpha value is -0.650. The second-order valence-corrected chi connectivity index (χ2v) is 5.96. The molecule has 0 aliphatic carbocycles. The molecule has 0 bridgehead atoms. The van der Waals surface area contributed by atoms with Crippen LogP contribution in [0.3, 0.4) is 0 Å². The number of ether oxygens (including phenoxy) is 1. The number of hydrogen-bond acceptors (Lipinski definition) is 4. The summed E-state index contributed by atoms with van der Waals surface area (Å²) >= 11 is 0. The smallest absolute Gasteiger partial charge is 0.239 e. The van der Waals surface area contributed by atoms with Gasteiger partial charge in [0.2, 0.25) is 5.91 Å². The van der Waals surface area contributed by atoms with Crippen molar-refractivity contribution in [2.45, 2.75) is 31.9 Å². The zero-order valence-corrected chi connectivity index (χ0v) is 12.5. The van der Waals surface area contributed by atoms with E-state index in [1.165, 1.54) is 0 Å². The monoisotopic (exact) mass is 269 g/mol. The van der Waals surface area contributed by atoms with Crippen LogP contribution in [0.25, 0.3) is 0 Å². The number of likely N-dealkylation sites (tertiary alicyclic amines) is 1. The highest BCUT2D eigenvalue weighted by Crippen LogP contribution is 2.15. The number of likely N-dealkylation sites (N-methyl/N-ethyl adjacent to an activating group) is 1. The molecule has 1 amide bonds. The Morgan fingerprint density at radius 1 is 1.32 bits per heavy atom. The number of nitrogens with zero attached hydrogens (tertiary/aromatic N) is 3. The van der Waals surface area contributed by atoms with Gasteiger partial charge in [-0.05, 0) is 33.9 Å². The molecular weight excluding hydrogens is 242 g/mol. The van der Waals surface area contributed by atoms with E-state index in [4.69, 9.17) is 4.74 Å². The summed E-state index contributed by atoms with van der Waals surface area (Å²) in [6.45, 7) is 7.29. The number of amides is 1. The molecule has 0 N–H and O–H groups in total. The maximum atomic E-state index is 12.4. The SMILES string of the molecule is C[C@H](C(=O)N1CCCC1)N1CCO[C@H](CN(C)C)C1. The van der Waals surface area contributed by atoms with Crippen LogP contribution in [0.4, 0.5) is 0 Å². The summed E-state index contributed by atoms with van der Waals surface area (Å²) in [5, 5.41) is 0. The molecule has 0 aromatic heterocycles. The third-order valence-corrected chi connectivity index (χ3v) is 4.06. The average molecular weight is 269 g/mol. The van der Waals surface area contributed by atoms with Crippen LogP contribution >= 0.6 is 0 Å². The normalized spacial score (nSPS) is 26.9. The summed E-state index contributed by atoms with van der Waals surface area (Å²) in [7, 11) is 4.11. The predicted molar refractivity (Wildman–Crippen MR) is 75.1 cm³/mol. The molecule has 0 aromatic rings. The minimum atomic E-state index is -0.00772. The van der Waals surface area contributed by atoms with Crippen LogP contribution in [0.2, 0.25) is 0 Å². The fourth-order valence-corrected chi connectivity index (χ4v) is 2.97. The molecule has 2 atom stereocenters. The van der Waals surface area contributed by atoms with Gasteiger partial charge in [0.15, 0.2) is 0 Å². The maximum absolute atomic E-state index is 12.4. The van der Waals surface area contributed by atoms with Gasteiger partial charge >= 0.3 is 0 Å². The van der Waals surface area contributed by atoms with Gasteiger partial charge in [0.05, 0.1) is 18.8 Å². The van der Waals surface area contributed by atoms with Crippen LogP contribution in [0.1, 0.15) is 19.8 Å². The van der Waals surface area contributed by atoms with E-state index in [1.54, 1.807) is 0 Å². The number of hydrogen-bond donors (Lipinski definition) is 0. The van der Waals surface area contributed by atoms with E-state index in [-0.39, 0.29) is 12.1 Å². The predicted octanol–water partition coefficient (Wildman–Crippen LogP) is 0.260. The van der Waals surface area contributed by atoms with Gasteiger partial charge in [0, 0.05) is 32.7 Å². The lowest BCUT2D eigenvalue weighted by Crippen LogP contribution is -2.54. The van der Waals surface area contributed by atoms with Crippen molar-refractivity contribution in [2.24, 2.45) is 0 Å². The highest BCUT2D eigenvalue weighted by Gasteiger charge is 2.31. The quantitative estimate of drug-likeness (QED) is 0.733.